The van der Waals surface area contributed by atoms with Gasteiger partial charge < -0.3 is 15.7 Å². The maximum Gasteiger partial charge on any atom is 0.328 e. The van der Waals surface area contributed by atoms with Crippen LogP contribution < -0.4 is 10.6 Å². The van der Waals surface area contributed by atoms with E-state index in [-0.39, 0.29) is 5.91 Å². The molecule has 0 heterocycles. The lowest BCUT2D eigenvalue weighted by Gasteiger charge is -2.05. The number of hydrogen-bond donors (Lipinski definition) is 3. The van der Waals surface area contributed by atoms with Crippen LogP contribution in [-0.4, -0.2) is 29.4 Å². The summed E-state index contributed by atoms with van der Waals surface area (Å²) < 4.78 is 0. The SMILES string of the molecule is O=C(O)/C=C\C(=O)NCCCCCC(=O)Nc1ccccc1. The van der Waals surface area contributed by atoms with E-state index in [2.05, 4.69) is 10.6 Å². The normalized spacial score (nSPS) is 10.4. The number of hydrogen-bond acceptors (Lipinski definition) is 3. The minimum Gasteiger partial charge on any atom is -0.478 e. The predicted octanol–water partition coefficient (Wildman–Crippen LogP) is 1.94. The highest BCUT2D eigenvalue weighted by Crippen LogP contribution is 2.07. The van der Waals surface area contributed by atoms with Crippen molar-refractivity contribution in [1.29, 1.82) is 0 Å². The van der Waals surface area contributed by atoms with Crippen molar-refractivity contribution in [3.8, 4) is 0 Å². The van der Waals surface area contributed by atoms with Gasteiger partial charge in [-0.2, -0.15) is 0 Å². The molecule has 0 bridgehead atoms. The lowest BCUT2D eigenvalue weighted by Crippen LogP contribution is -2.22. The van der Waals surface area contributed by atoms with Crippen LogP contribution >= 0.6 is 0 Å². The van der Waals surface area contributed by atoms with Crippen LogP contribution in [0.5, 0.6) is 0 Å². The molecular formula is C16H20N2O4. The summed E-state index contributed by atoms with van der Waals surface area (Å²) in [5, 5.41) is 13.7. The van der Waals surface area contributed by atoms with Gasteiger partial charge >= 0.3 is 5.97 Å². The first kappa shape index (κ1) is 17.4. The molecule has 0 spiro atoms. The summed E-state index contributed by atoms with van der Waals surface area (Å²) in [6.07, 6.45) is 4.50. The second kappa shape index (κ2) is 10.1. The molecule has 0 fully saturated rings. The molecule has 118 valence electrons. The number of aliphatic carboxylic acids is 1. The predicted molar refractivity (Wildman–Crippen MR) is 83.3 cm³/mol. The van der Waals surface area contributed by atoms with E-state index in [1.165, 1.54) is 0 Å². The Labute approximate surface area is 129 Å². The number of unbranched alkanes of at least 4 members (excludes halogenated alkanes) is 2. The van der Waals surface area contributed by atoms with E-state index < -0.39 is 11.9 Å². The summed E-state index contributed by atoms with van der Waals surface area (Å²) >= 11 is 0. The Morgan fingerprint density at radius 2 is 1.73 bits per heavy atom. The molecule has 2 amide bonds. The van der Waals surface area contributed by atoms with Gasteiger partial charge in [0.2, 0.25) is 11.8 Å². The highest BCUT2D eigenvalue weighted by Gasteiger charge is 2.02. The van der Waals surface area contributed by atoms with Crippen LogP contribution in [0.25, 0.3) is 0 Å². The largest absolute Gasteiger partial charge is 0.478 e. The van der Waals surface area contributed by atoms with E-state index in [9.17, 15) is 14.4 Å². The van der Waals surface area contributed by atoms with E-state index in [1.54, 1.807) is 0 Å². The maximum atomic E-state index is 11.7. The van der Waals surface area contributed by atoms with Crippen molar-refractivity contribution in [1.82, 2.24) is 5.32 Å². The van der Waals surface area contributed by atoms with Gasteiger partial charge in [-0.05, 0) is 25.0 Å². The number of para-hydroxylation sites is 1. The van der Waals surface area contributed by atoms with Crippen molar-refractivity contribution >= 4 is 23.5 Å². The number of carboxylic acid groups (broad SMARTS) is 1. The molecular weight excluding hydrogens is 284 g/mol. The number of carbonyl (C=O) groups is 3. The standard InChI is InChI=1S/C16H20N2O4/c19-14(10-11-16(21)22)17-12-6-2-5-9-15(20)18-13-7-3-1-4-8-13/h1,3-4,7-8,10-11H,2,5-6,9,12H2,(H,17,19)(H,18,20)(H,21,22)/b11-10-. The number of anilines is 1. The molecule has 0 saturated carbocycles. The molecule has 0 aliphatic rings. The van der Waals surface area contributed by atoms with Gasteiger partial charge in [-0.15, -0.1) is 0 Å². The first-order chi connectivity index (χ1) is 10.6. The van der Waals surface area contributed by atoms with Gasteiger partial charge in [-0.1, -0.05) is 24.6 Å². The molecule has 1 rings (SSSR count). The van der Waals surface area contributed by atoms with Crippen molar-refractivity contribution in [3.63, 3.8) is 0 Å². The lowest BCUT2D eigenvalue weighted by molar-refractivity contribution is -0.131. The summed E-state index contributed by atoms with van der Waals surface area (Å²) in [7, 11) is 0. The summed E-state index contributed by atoms with van der Waals surface area (Å²) in [5.41, 5.74) is 0.782. The van der Waals surface area contributed by atoms with Gasteiger partial charge in [0.15, 0.2) is 0 Å². The van der Waals surface area contributed by atoms with Crippen LogP contribution in [0.2, 0.25) is 0 Å². The van der Waals surface area contributed by atoms with Gasteiger partial charge in [-0.3, -0.25) is 9.59 Å². The number of carboxylic acids is 1. The van der Waals surface area contributed by atoms with Crippen molar-refractivity contribution in [2.45, 2.75) is 25.7 Å². The molecule has 0 unspecified atom stereocenters. The molecule has 22 heavy (non-hydrogen) atoms. The molecule has 1 aromatic rings. The van der Waals surface area contributed by atoms with E-state index in [4.69, 9.17) is 5.11 Å². The van der Waals surface area contributed by atoms with Crippen LogP contribution in [0, 0.1) is 0 Å². The number of amides is 2. The van der Waals surface area contributed by atoms with E-state index >= 15 is 0 Å². The molecule has 6 nitrogen and oxygen atoms in total. The molecule has 3 N–H and O–H groups in total. The smallest absolute Gasteiger partial charge is 0.328 e. The monoisotopic (exact) mass is 304 g/mol. The van der Waals surface area contributed by atoms with E-state index in [1.807, 2.05) is 30.3 Å². The molecule has 6 heteroatoms. The van der Waals surface area contributed by atoms with Crippen LogP contribution in [0.1, 0.15) is 25.7 Å². The quantitative estimate of drug-likeness (QED) is 0.480. The van der Waals surface area contributed by atoms with Gasteiger partial charge in [0.05, 0.1) is 0 Å². The average molecular weight is 304 g/mol. The van der Waals surface area contributed by atoms with Crippen molar-refractivity contribution < 1.29 is 19.5 Å². The molecule has 0 radical (unpaired) electrons. The van der Waals surface area contributed by atoms with E-state index in [0.717, 1.165) is 37.1 Å². The van der Waals surface area contributed by atoms with Crippen LogP contribution in [0.3, 0.4) is 0 Å². The Morgan fingerprint density at radius 1 is 1.00 bits per heavy atom. The summed E-state index contributed by atoms with van der Waals surface area (Å²) in [5.74, 6) is -1.61. The summed E-state index contributed by atoms with van der Waals surface area (Å²) in [4.78, 5) is 33.0. The number of rotatable bonds is 9. The highest BCUT2D eigenvalue weighted by atomic mass is 16.4. The minimum absolute atomic E-state index is 0.0281. The fraction of sp³-hybridized carbons (Fsp3) is 0.312. The van der Waals surface area contributed by atoms with Gasteiger partial charge in [0, 0.05) is 30.8 Å². The van der Waals surface area contributed by atoms with Gasteiger partial charge in [-0.25, -0.2) is 4.79 Å². The lowest BCUT2D eigenvalue weighted by atomic mass is 10.2. The number of nitrogens with one attached hydrogen (secondary N) is 2. The molecule has 0 aromatic heterocycles. The second-order valence-corrected chi connectivity index (χ2v) is 4.69. The fourth-order valence-corrected chi connectivity index (χ4v) is 1.75. The summed E-state index contributed by atoms with van der Waals surface area (Å²) in [6, 6.07) is 9.26. The van der Waals surface area contributed by atoms with Gasteiger partial charge in [0.1, 0.15) is 0 Å². The van der Waals surface area contributed by atoms with E-state index in [0.29, 0.717) is 13.0 Å². The Morgan fingerprint density at radius 3 is 2.41 bits per heavy atom. The van der Waals surface area contributed by atoms with Crippen molar-refractivity contribution in [2.75, 3.05) is 11.9 Å². The average Bonchev–Trinajstić information content (AvgIpc) is 2.49. The third-order valence-corrected chi connectivity index (χ3v) is 2.81. The molecule has 0 aliphatic heterocycles. The third kappa shape index (κ3) is 8.52. The third-order valence-electron chi connectivity index (χ3n) is 2.81. The Kier molecular flexibility index (Phi) is 8.04. The summed E-state index contributed by atoms with van der Waals surface area (Å²) in [6.45, 7) is 0.461. The topological polar surface area (TPSA) is 95.5 Å². The zero-order chi connectivity index (χ0) is 16.2. The molecule has 0 saturated heterocycles. The maximum absolute atomic E-state index is 11.7. The highest BCUT2D eigenvalue weighted by molar-refractivity contribution is 5.93. The Bertz CT molecular complexity index is 526. The van der Waals surface area contributed by atoms with Crippen LogP contribution in [-0.2, 0) is 14.4 Å². The molecule has 0 aliphatic carbocycles. The van der Waals surface area contributed by atoms with Gasteiger partial charge in [0.25, 0.3) is 0 Å². The van der Waals surface area contributed by atoms with Crippen LogP contribution in [0.4, 0.5) is 5.69 Å². The fourth-order valence-electron chi connectivity index (χ4n) is 1.75. The zero-order valence-corrected chi connectivity index (χ0v) is 12.2. The Balaban J connectivity index is 2.04. The van der Waals surface area contributed by atoms with Crippen molar-refractivity contribution in [3.05, 3.63) is 42.5 Å². The first-order valence-electron chi connectivity index (χ1n) is 7.11. The van der Waals surface area contributed by atoms with Crippen LogP contribution in [0.15, 0.2) is 42.5 Å². The van der Waals surface area contributed by atoms with Crippen molar-refractivity contribution in [2.24, 2.45) is 0 Å². The molecule has 1 aromatic carbocycles. The zero-order valence-electron chi connectivity index (χ0n) is 12.2. The number of carbonyl (C=O) groups excluding carboxylic acids is 2. The molecule has 0 atom stereocenters. The first-order valence-corrected chi connectivity index (χ1v) is 7.11. The minimum atomic E-state index is -1.15. The second-order valence-electron chi connectivity index (χ2n) is 4.69. The Hall–Kier alpha value is -2.63. The number of benzene rings is 1.